The average Bonchev–Trinajstić information content (AvgIpc) is 3.75. The lowest BCUT2D eigenvalue weighted by atomic mass is 9.98. The van der Waals surface area contributed by atoms with Gasteiger partial charge in [0.2, 0.25) is 5.91 Å². The number of aliphatic carboxylic acids is 1. The summed E-state index contributed by atoms with van der Waals surface area (Å²) in [7, 11) is 0. The fraction of sp³-hybridized carbons (Fsp3) is 0.312. The van der Waals surface area contributed by atoms with Gasteiger partial charge in [-0.3, -0.25) is 9.59 Å². The van der Waals surface area contributed by atoms with Gasteiger partial charge in [0.25, 0.3) is 0 Å². The Hall–Kier alpha value is -4.66. The van der Waals surface area contributed by atoms with Crippen LogP contribution in [0.15, 0.2) is 78.9 Å². The zero-order valence-corrected chi connectivity index (χ0v) is 22.5. The number of carbonyl (C=O) groups is 4. The van der Waals surface area contributed by atoms with Crippen LogP contribution in [0.3, 0.4) is 0 Å². The topological polar surface area (TPSA) is 131 Å². The van der Waals surface area contributed by atoms with Gasteiger partial charge < -0.3 is 25.2 Å². The van der Waals surface area contributed by atoms with E-state index >= 15 is 0 Å². The maximum Gasteiger partial charge on any atom is 0.407 e. The summed E-state index contributed by atoms with van der Waals surface area (Å²) in [6, 6.07) is 22.3. The van der Waals surface area contributed by atoms with Crippen LogP contribution in [-0.4, -0.2) is 47.7 Å². The number of fused-ring (bicyclic) bond motifs is 3. The zero-order valence-electron chi connectivity index (χ0n) is 22.5. The molecule has 212 valence electrons. The van der Waals surface area contributed by atoms with Gasteiger partial charge in [-0.2, -0.15) is 0 Å². The Morgan fingerprint density at radius 3 is 2.00 bits per heavy atom. The van der Waals surface area contributed by atoms with Crippen LogP contribution in [0.5, 0.6) is 0 Å². The Kier molecular flexibility index (Phi) is 8.62. The second kappa shape index (κ2) is 12.7. The van der Waals surface area contributed by atoms with Gasteiger partial charge in [-0.1, -0.05) is 91.7 Å². The van der Waals surface area contributed by atoms with Crippen LogP contribution in [0, 0.1) is 5.92 Å². The second-order valence-electron chi connectivity index (χ2n) is 10.5. The maximum atomic E-state index is 13.1. The molecule has 0 saturated heterocycles. The number of carboxylic acids is 1. The third-order valence-electron chi connectivity index (χ3n) is 7.45. The molecule has 0 bridgehead atoms. The third kappa shape index (κ3) is 7.11. The number of nitrogens with one attached hydrogen (secondary N) is 2. The van der Waals surface area contributed by atoms with Crippen molar-refractivity contribution >= 4 is 23.9 Å². The molecule has 0 aromatic heterocycles. The molecule has 9 nitrogen and oxygen atoms in total. The summed E-state index contributed by atoms with van der Waals surface area (Å²) in [6.07, 6.45) is 0.729. The summed E-state index contributed by atoms with van der Waals surface area (Å²) in [5.74, 6) is -2.63. The summed E-state index contributed by atoms with van der Waals surface area (Å²) in [4.78, 5) is 50.5. The Morgan fingerprint density at radius 2 is 1.39 bits per heavy atom. The molecule has 3 aromatic carbocycles. The highest BCUT2D eigenvalue weighted by molar-refractivity contribution is 5.92. The normalized spacial score (nSPS) is 15.1. The molecule has 2 amide bonds. The first-order valence-electron chi connectivity index (χ1n) is 13.7. The SMILES string of the molecule is O=C(C[C@H](NC(=O)OCC1c2ccccc2-c2ccccc21)C(=O)NC(CC1CC1)C(=O)O)OCc1ccccc1. The van der Waals surface area contributed by atoms with Gasteiger partial charge in [-0.05, 0) is 40.2 Å². The van der Waals surface area contributed by atoms with Crippen molar-refractivity contribution in [2.75, 3.05) is 6.61 Å². The van der Waals surface area contributed by atoms with E-state index in [-0.39, 0.29) is 31.5 Å². The van der Waals surface area contributed by atoms with Gasteiger partial charge in [0.05, 0.1) is 6.42 Å². The molecular weight excluding hydrogens is 524 g/mol. The number of amides is 2. The van der Waals surface area contributed by atoms with Gasteiger partial charge >= 0.3 is 18.0 Å². The molecule has 2 aliphatic rings. The van der Waals surface area contributed by atoms with Crippen LogP contribution in [0.25, 0.3) is 11.1 Å². The molecule has 5 rings (SSSR count). The Labute approximate surface area is 237 Å². The quantitative estimate of drug-likeness (QED) is 0.282. The smallest absolute Gasteiger partial charge is 0.407 e. The van der Waals surface area contributed by atoms with E-state index in [0.29, 0.717) is 0 Å². The summed E-state index contributed by atoms with van der Waals surface area (Å²) in [5.41, 5.74) is 4.98. The van der Waals surface area contributed by atoms with Gasteiger partial charge in [-0.25, -0.2) is 9.59 Å². The van der Waals surface area contributed by atoms with E-state index < -0.39 is 42.4 Å². The Bertz CT molecular complexity index is 1370. The predicted molar refractivity (Wildman–Crippen MR) is 150 cm³/mol. The Balaban J connectivity index is 1.24. The maximum absolute atomic E-state index is 13.1. The summed E-state index contributed by atoms with van der Waals surface area (Å²) in [5, 5.41) is 14.5. The van der Waals surface area contributed by atoms with Crippen LogP contribution in [0.1, 0.15) is 48.3 Å². The van der Waals surface area contributed by atoms with E-state index in [2.05, 4.69) is 10.6 Å². The fourth-order valence-electron chi connectivity index (χ4n) is 5.14. The van der Waals surface area contributed by atoms with Crippen LogP contribution >= 0.6 is 0 Å². The lowest BCUT2D eigenvalue weighted by Gasteiger charge is -2.21. The molecule has 0 spiro atoms. The molecule has 0 heterocycles. The van der Waals surface area contributed by atoms with E-state index in [1.54, 1.807) is 12.1 Å². The first-order valence-corrected chi connectivity index (χ1v) is 13.7. The molecule has 3 N–H and O–H groups in total. The molecular formula is C32H32N2O7. The van der Waals surface area contributed by atoms with Crippen molar-refractivity contribution in [2.45, 2.75) is 50.3 Å². The van der Waals surface area contributed by atoms with E-state index in [1.807, 2.05) is 66.7 Å². The number of carbonyl (C=O) groups excluding carboxylic acids is 3. The van der Waals surface area contributed by atoms with Gasteiger partial charge in [0.1, 0.15) is 25.3 Å². The van der Waals surface area contributed by atoms with Crippen molar-refractivity contribution in [2.24, 2.45) is 5.92 Å². The second-order valence-corrected chi connectivity index (χ2v) is 10.5. The fourth-order valence-corrected chi connectivity index (χ4v) is 5.14. The first-order chi connectivity index (χ1) is 19.9. The summed E-state index contributed by atoms with van der Waals surface area (Å²) in [6.45, 7) is 0.0183. The van der Waals surface area contributed by atoms with Gasteiger partial charge in [0, 0.05) is 5.92 Å². The number of hydrogen-bond donors (Lipinski definition) is 3. The highest BCUT2D eigenvalue weighted by Crippen LogP contribution is 2.44. The molecule has 1 fully saturated rings. The molecule has 1 saturated carbocycles. The first kappa shape index (κ1) is 27.9. The van der Waals surface area contributed by atoms with Crippen molar-refractivity contribution < 1.29 is 33.8 Å². The molecule has 1 unspecified atom stereocenters. The van der Waals surface area contributed by atoms with Gasteiger partial charge in [-0.15, -0.1) is 0 Å². The van der Waals surface area contributed by atoms with Crippen LogP contribution in [-0.2, 0) is 30.5 Å². The molecule has 2 aliphatic carbocycles. The number of esters is 1. The number of benzene rings is 3. The zero-order chi connectivity index (χ0) is 28.8. The van der Waals surface area contributed by atoms with Crippen LogP contribution in [0.2, 0.25) is 0 Å². The van der Waals surface area contributed by atoms with Crippen LogP contribution < -0.4 is 10.6 Å². The molecule has 0 radical (unpaired) electrons. The lowest BCUT2D eigenvalue weighted by Crippen LogP contribution is -2.52. The lowest BCUT2D eigenvalue weighted by molar-refractivity contribution is -0.147. The van der Waals surface area contributed by atoms with Crippen molar-refractivity contribution in [3.63, 3.8) is 0 Å². The predicted octanol–water partition coefficient (Wildman–Crippen LogP) is 4.40. The molecule has 0 aliphatic heterocycles. The molecule has 9 heteroatoms. The van der Waals surface area contributed by atoms with Gasteiger partial charge in [0.15, 0.2) is 0 Å². The number of carboxylic acid groups (broad SMARTS) is 1. The number of ether oxygens (including phenoxy) is 2. The largest absolute Gasteiger partial charge is 0.480 e. The number of alkyl carbamates (subject to hydrolysis) is 1. The van der Waals surface area contributed by atoms with E-state index in [1.165, 1.54) is 0 Å². The van der Waals surface area contributed by atoms with Crippen molar-refractivity contribution in [1.82, 2.24) is 10.6 Å². The third-order valence-corrected chi connectivity index (χ3v) is 7.45. The molecule has 3 aromatic rings. The monoisotopic (exact) mass is 556 g/mol. The van der Waals surface area contributed by atoms with E-state index in [0.717, 1.165) is 40.7 Å². The number of rotatable bonds is 12. The highest BCUT2D eigenvalue weighted by atomic mass is 16.5. The van der Waals surface area contributed by atoms with E-state index in [4.69, 9.17) is 9.47 Å². The Morgan fingerprint density at radius 1 is 0.780 bits per heavy atom. The molecule has 41 heavy (non-hydrogen) atoms. The van der Waals surface area contributed by atoms with Crippen molar-refractivity contribution in [3.8, 4) is 11.1 Å². The average molecular weight is 557 g/mol. The summed E-state index contributed by atoms with van der Waals surface area (Å²) < 4.78 is 10.9. The highest BCUT2D eigenvalue weighted by Gasteiger charge is 2.34. The molecule has 2 atom stereocenters. The van der Waals surface area contributed by atoms with Crippen LogP contribution in [0.4, 0.5) is 4.79 Å². The van der Waals surface area contributed by atoms with Crippen molar-refractivity contribution in [3.05, 3.63) is 95.6 Å². The van der Waals surface area contributed by atoms with Crippen molar-refractivity contribution in [1.29, 1.82) is 0 Å². The standard InChI is InChI=1S/C32H32N2O7/c35-29(40-18-21-8-2-1-3-9-21)17-27(30(36)33-28(31(37)38)16-20-14-15-20)34-32(39)41-19-26-24-12-6-4-10-22(24)23-11-5-7-13-25(23)26/h1-13,20,26-28H,14-19H2,(H,33,36)(H,34,39)(H,37,38)/t27-,28?/m0/s1. The minimum Gasteiger partial charge on any atom is -0.480 e. The summed E-state index contributed by atoms with van der Waals surface area (Å²) >= 11 is 0. The van der Waals surface area contributed by atoms with E-state index in [9.17, 15) is 24.3 Å². The minimum atomic E-state index is -1.38. The number of hydrogen-bond acceptors (Lipinski definition) is 6. The minimum absolute atomic E-state index is 0.00160.